The first-order chi connectivity index (χ1) is 9.11. The Balaban J connectivity index is 2.30. The summed E-state index contributed by atoms with van der Waals surface area (Å²) in [6.07, 6.45) is 1.51. The third-order valence-corrected chi connectivity index (χ3v) is 2.87. The van der Waals surface area contributed by atoms with Gasteiger partial charge in [0.05, 0.1) is 0 Å². The minimum Gasteiger partial charge on any atom is -0.370 e. The second kappa shape index (κ2) is 5.65. The van der Waals surface area contributed by atoms with Crippen LogP contribution in [-0.4, -0.2) is 16.5 Å². The number of benzene rings is 1. The number of nitrogens with one attached hydrogen (secondary N) is 2. The van der Waals surface area contributed by atoms with Gasteiger partial charge >= 0.3 is 0 Å². The predicted molar refractivity (Wildman–Crippen MR) is 75.4 cm³/mol. The van der Waals surface area contributed by atoms with Crippen LogP contribution in [0.5, 0.6) is 0 Å². The summed E-state index contributed by atoms with van der Waals surface area (Å²) < 4.78 is 13.1. The van der Waals surface area contributed by atoms with E-state index in [-0.39, 0.29) is 5.82 Å². The number of aromatic nitrogens is 2. The predicted octanol–water partition coefficient (Wildman–Crippen LogP) is 3.41. The summed E-state index contributed by atoms with van der Waals surface area (Å²) in [5, 5.41) is 6.38. The van der Waals surface area contributed by atoms with Gasteiger partial charge in [0.25, 0.3) is 0 Å². The molecule has 0 saturated heterocycles. The van der Waals surface area contributed by atoms with E-state index in [0.717, 1.165) is 35.0 Å². The fraction of sp³-hybridized carbons (Fsp3) is 0.286. The smallest absolute Gasteiger partial charge is 0.138 e. The number of aryl methyl sites for hydroxylation is 1. The van der Waals surface area contributed by atoms with Crippen LogP contribution >= 0.6 is 0 Å². The van der Waals surface area contributed by atoms with Gasteiger partial charge in [-0.05, 0) is 44.5 Å². The standard InChI is InChI=1S/C14H17FN4/c1-4-16-13-10(3)14(18-8-17-13)19-12-6-5-11(15)7-9(12)2/h5-8H,4H2,1-3H3,(H2,16,17,18,19). The van der Waals surface area contributed by atoms with Crippen LogP contribution in [0.4, 0.5) is 21.7 Å². The van der Waals surface area contributed by atoms with Gasteiger partial charge in [-0.3, -0.25) is 0 Å². The highest BCUT2D eigenvalue weighted by Gasteiger charge is 2.08. The summed E-state index contributed by atoms with van der Waals surface area (Å²) in [6.45, 7) is 6.61. The zero-order valence-corrected chi connectivity index (χ0v) is 11.3. The van der Waals surface area contributed by atoms with Gasteiger partial charge in [-0.15, -0.1) is 0 Å². The molecule has 0 atom stereocenters. The molecule has 0 aliphatic carbocycles. The normalized spacial score (nSPS) is 10.3. The quantitative estimate of drug-likeness (QED) is 0.884. The Morgan fingerprint density at radius 3 is 2.58 bits per heavy atom. The van der Waals surface area contributed by atoms with E-state index < -0.39 is 0 Å². The van der Waals surface area contributed by atoms with Crippen molar-refractivity contribution in [2.45, 2.75) is 20.8 Å². The van der Waals surface area contributed by atoms with Gasteiger partial charge in [-0.25, -0.2) is 14.4 Å². The van der Waals surface area contributed by atoms with Crippen LogP contribution in [-0.2, 0) is 0 Å². The molecule has 1 aromatic heterocycles. The van der Waals surface area contributed by atoms with Gasteiger partial charge in [-0.1, -0.05) is 0 Å². The molecular weight excluding hydrogens is 243 g/mol. The molecule has 0 fully saturated rings. The average molecular weight is 260 g/mol. The van der Waals surface area contributed by atoms with E-state index in [1.165, 1.54) is 18.5 Å². The lowest BCUT2D eigenvalue weighted by Crippen LogP contribution is -2.06. The number of nitrogens with zero attached hydrogens (tertiary/aromatic N) is 2. The van der Waals surface area contributed by atoms with Crippen molar-refractivity contribution < 1.29 is 4.39 Å². The first kappa shape index (κ1) is 13.3. The van der Waals surface area contributed by atoms with Gasteiger partial charge in [0, 0.05) is 17.8 Å². The molecular formula is C14H17FN4. The van der Waals surface area contributed by atoms with Crippen LogP contribution in [0.3, 0.4) is 0 Å². The van der Waals surface area contributed by atoms with Crippen molar-refractivity contribution >= 4 is 17.3 Å². The largest absolute Gasteiger partial charge is 0.370 e. The molecule has 0 unspecified atom stereocenters. The molecule has 5 heteroatoms. The van der Waals surface area contributed by atoms with E-state index in [1.807, 2.05) is 20.8 Å². The lowest BCUT2D eigenvalue weighted by molar-refractivity contribution is 0.627. The molecule has 4 nitrogen and oxygen atoms in total. The van der Waals surface area contributed by atoms with Gasteiger partial charge in [0.1, 0.15) is 23.8 Å². The van der Waals surface area contributed by atoms with E-state index in [9.17, 15) is 4.39 Å². The highest BCUT2D eigenvalue weighted by Crippen LogP contribution is 2.24. The van der Waals surface area contributed by atoms with Gasteiger partial charge in [0.15, 0.2) is 0 Å². The van der Waals surface area contributed by atoms with Crippen molar-refractivity contribution in [3.63, 3.8) is 0 Å². The first-order valence-corrected chi connectivity index (χ1v) is 6.20. The lowest BCUT2D eigenvalue weighted by Gasteiger charge is -2.13. The van der Waals surface area contributed by atoms with Crippen LogP contribution < -0.4 is 10.6 Å². The molecule has 2 rings (SSSR count). The topological polar surface area (TPSA) is 49.8 Å². The maximum absolute atomic E-state index is 13.1. The summed E-state index contributed by atoms with van der Waals surface area (Å²) in [4.78, 5) is 8.41. The fourth-order valence-corrected chi connectivity index (χ4v) is 1.82. The van der Waals surface area contributed by atoms with Crippen molar-refractivity contribution in [3.8, 4) is 0 Å². The molecule has 2 aromatic rings. The van der Waals surface area contributed by atoms with Crippen molar-refractivity contribution in [3.05, 3.63) is 41.5 Å². The third-order valence-electron chi connectivity index (χ3n) is 2.87. The molecule has 0 saturated carbocycles. The van der Waals surface area contributed by atoms with Gasteiger partial charge in [0.2, 0.25) is 0 Å². The van der Waals surface area contributed by atoms with Gasteiger partial charge in [-0.2, -0.15) is 0 Å². The maximum atomic E-state index is 13.1. The summed E-state index contributed by atoms with van der Waals surface area (Å²) in [7, 11) is 0. The zero-order chi connectivity index (χ0) is 13.8. The van der Waals surface area contributed by atoms with Crippen molar-refractivity contribution in [2.24, 2.45) is 0 Å². The second-order valence-electron chi connectivity index (χ2n) is 4.31. The second-order valence-corrected chi connectivity index (χ2v) is 4.31. The Morgan fingerprint density at radius 2 is 1.89 bits per heavy atom. The Morgan fingerprint density at radius 1 is 1.16 bits per heavy atom. The monoisotopic (exact) mass is 260 g/mol. The Labute approximate surface area is 112 Å². The number of hydrogen-bond acceptors (Lipinski definition) is 4. The Kier molecular flexibility index (Phi) is 3.94. The minimum atomic E-state index is -0.240. The Hall–Kier alpha value is -2.17. The van der Waals surface area contributed by atoms with Crippen LogP contribution in [0.25, 0.3) is 0 Å². The van der Waals surface area contributed by atoms with Crippen LogP contribution in [0.15, 0.2) is 24.5 Å². The molecule has 0 radical (unpaired) electrons. The lowest BCUT2D eigenvalue weighted by atomic mass is 10.2. The Bertz CT molecular complexity index is 584. The van der Waals surface area contributed by atoms with Crippen LogP contribution in [0, 0.1) is 19.7 Å². The third kappa shape index (κ3) is 2.99. The van der Waals surface area contributed by atoms with E-state index in [4.69, 9.17) is 0 Å². The molecule has 2 N–H and O–H groups in total. The number of hydrogen-bond donors (Lipinski definition) is 2. The fourth-order valence-electron chi connectivity index (χ4n) is 1.82. The van der Waals surface area contributed by atoms with Gasteiger partial charge < -0.3 is 10.6 Å². The van der Waals surface area contributed by atoms with E-state index >= 15 is 0 Å². The van der Waals surface area contributed by atoms with Crippen molar-refractivity contribution in [2.75, 3.05) is 17.2 Å². The van der Waals surface area contributed by atoms with E-state index in [1.54, 1.807) is 6.07 Å². The van der Waals surface area contributed by atoms with E-state index in [2.05, 4.69) is 20.6 Å². The molecule has 0 aliphatic heterocycles. The molecule has 0 bridgehead atoms. The number of rotatable bonds is 4. The maximum Gasteiger partial charge on any atom is 0.138 e. The molecule has 0 aliphatic rings. The zero-order valence-electron chi connectivity index (χ0n) is 11.3. The van der Waals surface area contributed by atoms with Crippen molar-refractivity contribution in [1.29, 1.82) is 0 Å². The SMILES string of the molecule is CCNc1ncnc(Nc2ccc(F)cc2C)c1C. The average Bonchev–Trinajstić information content (AvgIpc) is 2.37. The summed E-state index contributed by atoms with van der Waals surface area (Å²) in [5.41, 5.74) is 2.61. The number of anilines is 3. The number of halogens is 1. The first-order valence-electron chi connectivity index (χ1n) is 6.20. The summed E-state index contributed by atoms with van der Waals surface area (Å²) >= 11 is 0. The highest BCUT2D eigenvalue weighted by molar-refractivity contribution is 5.66. The molecule has 100 valence electrons. The molecule has 0 amide bonds. The molecule has 0 spiro atoms. The molecule has 1 aromatic carbocycles. The minimum absolute atomic E-state index is 0.240. The molecule has 19 heavy (non-hydrogen) atoms. The van der Waals surface area contributed by atoms with Crippen LogP contribution in [0.2, 0.25) is 0 Å². The molecule has 1 heterocycles. The summed E-state index contributed by atoms with van der Waals surface area (Å²) in [5.74, 6) is 1.29. The van der Waals surface area contributed by atoms with Crippen molar-refractivity contribution in [1.82, 2.24) is 9.97 Å². The van der Waals surface area contributed by atoms with Crippen LogP contribution in [0.1, 0.15) is 18.1 Å². The highest BCUT2D eigenvalue weighted by atomic mass is 19.1. The van der Waals surface area contributed by atoms with E-state index in [0.29, 0.717) is 0 Å². The summed E-state index contributed by atoms with van der Waals surface area (Å²) in [6, 6.07) is 4.63.